The molecule has 28 heavy (non-hydrogen) atoms. The van der Waals surface area contributed by atoms with Crippen LogP contribution in [0.25, 0.3) is 22.2 Å². The highest BCUT2D eigenvalue weighted by Crippen LogP contribution is 2.30. The zero-order valence-electron chi connectivity index (χ0n) is 16.3. The molecule has 0 saturated heterocycles. The van der Waals surface area contributed by atoms with E-state index in [9.17, 15) is 4.79 Å². The summed E-state index contributed by atoms with van der Waals surface area (Å²) in [4.78, 5) is 18.1. The molecule has 4 rings (SSSR count). The van der Waals surface area contributed by atoms with E-state index in [1.165, 1.54) is 5.56 Å². The Morgan fingerprint density at radius 3 is 2.32 bits per heavy atom. The van der Waals surface area contributed by atoms with Crippen molar-refractivity contribution in [2.24, 2.45) is 0 Å². The second-order valence-electron chi connectivity index (χ2n) is 7.17. The number of hydrogen-bond donors (Lipinski definition) is 1. The molecule has 4 aromatic rings. The Hall–Kier alpha value is -3.46. The summed E-state index contributed by atoms with van der Waals surface area (Å²) in [5, 5.41) is 3.92. The second kappa shape index (κ2) is 7.28. The normalized spacial score (nSPS) is 10.8. The number of hydrogen-bond acceptors (Lipinski definition) is 2. The first-order valence-electron chi connectivity index (χ1n) is 9.37. The van der Waals surface area contributed by atoms with Crippen LogP contribution in [0.3, 0.4) is 0 Å². The van der Waals surface area contributed by atoms with E-state index in [0.717, 1.165) is 39.0 Å². The zero-order chi connectivity index (χ0) is 19.7. The molecule has 0 unspecified atom stereocenters. The van der Waals surface area contributed by atoms with E-state index in [1.54, 1.807) is 0 Å². The number of pyridine rings is 1. The van der Waals surface area contributed by atoms with Gasteiger partial charge in [0.2, 0.25) is 0 Å². The number of nitrogens with one attached hydrogen (secondary N) is 1. The largest absolute Gasteiger partial charge is 0.322 e. The van der Waals surface area contributed by atoms with E-state index in [4.69, 9.17) is 4.98 Å². The van der Waals surface area contributed by atoms with Gasteiger partial charge >= 0.3 is 0 Å². The molecule has 3 heteroatoms. The minimum absolute atomic E-state index is 0.116. The third-order valence-corrected chi connectivity index (χ3v) is 4.96. The maximum absolute atomic E-state index is 13.3. The fourth-order valence-electron chi connectivity index (χ4n) is 3.51. The van der Waals surface area contributed by atoms with E-state index in [-0.39, 0.29) is 5.91 Å². The smallest absolute Gasteiger partial charge is 0.256 e. The summed E-state index contributed by atoms with van der Waals surface area (Å²) in [5.74, 6) is -0.116. The fourth-order valence-corrected chi connectivity index (χ4v) is 3.51. The number of rotatable bonds is 3. The van der Waals surface area contributed by atoms with Crippen LogP contribution in [-0.4, -0.2) is 10.9 Å². The Morgan fingerprint density at radius 1 is 0.821 bits per heavy atom. The minimum Gasteiger partial charge on any atom is -0.322 e. The Morgan fingerprint density at radius 2 is 1.57 bits per heavy atom. The zero-order valence-corrected chi connectivity index (χ0v) is 16.3. The van der Waals surface area contributed by atoms with Gasteiger partial charge in [0.05, 0.1) is 16.8 Å². The number of aryl methyl sites for hydroxylation is 2. The van der Waals surface area contributed by atoms with Gasteiger partial charge in [-0.05, 0) is 50.1 Å². The van der Waals surface area contributed by atoms with E-state index < -0.39 is 0 Å². The number of anilines is 1. The van der Waals surface area contributed by atoms with Crippen LogP contribution in [0.5, 0.6) is 0 Å². The maximum atomic E-state index is 13.3. The van der Waals surface area contributed by atoms with Crippen molar-refractivity contribution in [1.82, 2.24) is 4.98 Å². The molecule has 0 aliphatic carbocycles. The third kappa shape index (κ3) is 3.39. The lowest BCUT2D eigenvalue weighted by Crippen LogP contribution is -2.15. The van der Waals surface area contributed by atoms with Crippen molar-refractivity contribution in [2.75, 3.05) is 5.32 Å². The highest BCUT2D eigenvalue weighted by atomic mass is 16.1. The first-order chi connectivity index (χ1) is 13.5. The van der Waals surface area contributed by atoms with Crippen molar-refractivity contribution in [2.45, 2.75) is 20.8 Å². The van der Waals surface area contributed by atoms with E-state index in [2.05, 4.69) is 36.5 Å². The van der Waals surface area contributed by atoms with Crippen LogP contribution in [-0.2, 0) is 0 Å². The quantitative estimate of drug-likeness (QED) is 0.477. The molecule has 0 atom stereocenters. The lowest BCUT2D eigenvalue weighted by molar-refractivity contribution is 0.102. The van der Waals surface area contributed by atoms with Crippen LogP contribution in [0.4, 0.5) is 5.69 Å². The molecule has 0 spiro atoms. The van der Waals surface area contributed by atoms with Gasteiger partial charge in [0.25, 0.3) is 5.91 Å². The number of carbonyl (C=O) groups excluding carboxylic acids is 1. The van der Waals surface area contributed by atoms with Crippen molar-refractivity contribution in [3.63, 3.8) is 0 Å². The molecule has 1 N–H and O–H groups in total. The van der Waals surface area contributed by atoms with Crippen molar-refractivity contribution < 1.29 is 4.79 Å². The number of amides is 1. The van der Waals surface area contributed by atoms with Crippen LogP contribution in [0.1, 0.15) is 27.0 Å². The molecule has 0 aliphatic heterocycles. The van der Waals surface area contributed by atoms with Crippen molar-refractivity contribution in [3.05, 3.63) is 95.1 Å². The summed E-state index contributed by atoms with van der Waals surface area (Å²) in [6.45, 7) is 6.04. The van der Waals surface area contributed by atoms with Crippen molar-refractivity contribution in [3.8, 4) is 11.3 Å². The molecule has 0 saturated carbocycles. The van der Waals surface area contributed by atoms with Crippen LogP contribution >= 0.6 is 0 Å². The van der Waals surface area contributed by atoms with Gasteiger partial charge in [-0.15, -0.1) is 0 Å². The van der Waals surface area contributed by atoms with Crippen LogP contribution < -0.4 is 5.32 Å². The molecule has 0 bridgehead atoms. The third-order valence-electron chi connectivity index (χ3n) is 4.96. The standard InChI is InChI=1S/C25H22N2O/c1-16-11-13-19(14-12-16)24-18(3)23(21-9-4-5-10-22(21)27-24)25(28)26-20-8-6-7-17(2)15-20/h4-15H,1-3H3,(H,26,28). The van der Waals surface area contributed by atoms with Gasteiger partial charge in [-0.1, -0.05) is 60.2 Å². The second-order valence-corrected chi connectivity index (χ2v) is 7.17. The predicted molar refractivity (Wildman–Crippen MR) is 116 cm³/mol. The van der Waals surface area contributed by atoms with Gasteiger partial charge in [-0.3, -0.25) is 4.79 Å². The van der Waals surface area contributed by atoms with Gasteiger partial charge in [-0.25, -0.2) is 4.98 Å². The molecule has 3 aromatic carbocycles. The maximum Gasteiger partial charge on any atom is 0.256 e. The van der Waals surface area contributed by atoms with Gasteiger partial charge in [0.1, 0.15) is 0 Å². The topological polar surface area (TPSA) is 42.0 Å². The van der Waals surface area contributed by atoms with Crippen LogP contribution in [0.2, 0.25) is 0 Å². The Labute approximate surface area is 165 Å². The van der Waals surface area contributed by atoms with E-state index >= 15 is 0 Å². The number of fused-ring (bicyclic) bond motifs is 1. The summed E-state index contributed by atoms with van der Waals surface area (Å²) in [5.41, 5.74) is 7.32. The summed E-state index contributed by atoms with van der Waals surface area (Å²) >= 11 is 0. The number of para-hydroxylation sites is 1. The molecule has 1 aromatic heterocycles. The molecule has 1 heterocycles. The number of benzene rings is 3. The van der Waals surface area contributed by atoms with Crippen molar-refractivity contribution >= 4 is 22.5 Å². The van der Waals surface area contributed by atoms with Gasteiger partial charge < -0.3 is 5.32 Å². The van der Waals surface area contributed by atoms with E-state index in [1.807, 2.05) is 62.4 Å². The van der Waals surface area contributed by atoms with Gasteiger partial charge in [0.15, 0.2) is 0 Å². The molecule has 0 radical (unpaired) electrons. The molecule has 0 aliphatic rings. The molecule has 3 nitrogen and oxygen atoms in total. The molecular weight excluding hydrogens is 344 g/mol. The predicted octanol–water partition coefficient (Wildman–Crippen LogP) is 6.08. The van der Waals surface area contributed by atoms with Crippen LogP contribution in [0, 0.1) is 20.8 Å². The molecule has 138 valence electrons. The van der Waals surface area contributed by atoms with Crippen molar-refractivity contribution in [1.29, 1.82) is 0 Å². The Kier molecular flexibility index (Phi) is 4.66. The molecule has 1 amide bonds. The average molecular weight is 366 g/mol. The first kappa shape index (κ1) is 17.9. The lowest BCUT2D eigenvalue weighted by atomic mass is 9.96. The summed E-state index contributed by atoms with van der Waals surface area (Å²) < 4.78 is 0. The Bertz CT molecular complexity index is 1180. The SMILES string of the molecule is Cc1ccc(-c2nc3ccccc3c(C(=O)Nc3cccc(C)c3)c2C)cc1. The number of nitrogens with zero attached hydrogens (tertiary/aromatic N) is 1. The Balaban J connectivity index is 1.87. The first-order valence-corrected chi connectivity index (χ1v) is 9.37. The fraction of sp³-hybridized carbons (Fsp3) is 0.120. The monoisotopic (exact) mass is 366 g/mol. The average Bonchev–Trinajstić information content (AvgIpc) is 2.68. The highest BCUT2D eigenvalue weighted by Gasteiger charge is 2.19. The van der Waals surface area contributed by atoms with Gasteiger partial charge in [0, 0.05) is 16.6 Å². The summed E-state index contributed by atoms with van der Waals surface area (Å²) in [6, 6.07) is 23.9. The highest BCUT2D eigenvalue weighted by molar-refractivity contribution is 6.14. The number of carbonyl (C=O) groups is 1. The van der Waals surface area contributed by atoms with E-state index in [0.29, 0.717) is 5.56 Å². The minimum atomic E-state index is -0.116. The molecule has 0 fully saturated rings. The lowest BCUT2D eigenvalue weighted by Gasteiger charge is -2.15. The van der Waals surface area contributed by atoms with Crippen LogP contribution in [0.15, 0.2) is 72.8 Å². The summed E-state index contributed by atoms with van der Waals surface area (Å²) in [6.07, 6.45) is 0. The molecular formula is C25H22N2O. The van der Waals surface area contributed by atoms with Gasteiger partial charge in [-0.2, -0.15) is 0 Å². The summed E-state index contributed by atoms with van der Waals surface area (Å²) in [7, 11) is 0. The number of aromatic nitrogens is 1.